The summed E-state index contributed by atoms with van der Waals surface area (Å²) in [5, 5.41) is 11.3. The molecule has 0 spiro atoms. The summed E-state index contributed by atoms with van der Waals surface area (Å²) in [6.07, 6.45) is 4.41. The van der Waals surface area contributed by atoms with Gasteiger partial charge in [0.05, 0.1) is 16.5 Å². The SMILES string of the molecule is CC(C)CN(C(=O)Cc1ccc(Cl)c(Cl)c1)[C@@H]1CC[C@@H]2CN(C)CC[C@@]2(c2cccc(O)c2)C1. The van der Waals surface area contributed by atoms with E-state index in [0.717, 1.165) is 50.9 Å². The fourth-order valence-electron chi connectivity index (χ4n) is 6.14. The highest BCUT2D eigenvalue weighted by atomic mass is 35.5. The summed E-state index contributed by atoms with van der Waals surface area (Å²) in [6.45, 7) is 7.17. The summed E-state index contributed by atoms with van der Waals surface area (Å²) in [6, 6.07) is 13.5. The summed E-state index contributed by atoms with van der Waals surface area (Å²) >= 11 is 12.3. The number of fused-ring (bicyclic) bond motifs is 1. The molecule has 0 unspecified atom stereocenters. The van der Waals surface area contributed by atoms with Crippen LogP contribution in [0.4, 0.5) is 0 Å². The van der Waals surface area contributed by atoms with Crippen molar-refractivity contribution in [3.8, 4) is 5.75 Å². The summed E-state index contributed by atoms with van der Waals surface area (Å²) in [4.78, 5) is 18.2. The van der Waals surface area contributed by atoms with Crippen molar-refractivity contribution < 1.29 is 9.90 Å². The van der Waals surface area contributed by atoms with Gasteiger partial charge in [0, 0.05) is 24.5 Å². The van der Waals surface area contributed by atoms with Crippen LogP contribution in [-0.2, 0) is 16.6 Å². The molecule has 1 heterocycles. The number of likely N-dealkylation sites (tertiary alicyclic amines) is 1. The fourth-order valence-corrected chi connectivity index (χ4v) is 6.46. The molecule has 0 aromatic heterocycles. The molecule has 2 fully saturated rings. The highest BCUT2D eigenvalue weighted by molar-refractivity contribution is 6.42. The Labute approximate surface area is 213 Å². The number of hydrogen-bond acceptors (Lipinski definition) is 3. The van der Waals surface area contributed by atoms with Crippen LogP contribution in [0.1, 0.15) is 50.7 Å². The lowest BCUT2D eigenvalue weighted by Crippen LogP contribution is -2.56. The zero-order valence-corrected chi connectivity index (χ0v) is 21.9. The average Bonchev–Trinajstić information content (AvgIpc) is 2.79. The van der Waals surface area contributed by atoms with E-state index in [0.29, 0.717) is 34.1 Å². The van der Waals surface area contributed by atoms with E-state index in [1.807, 2.05) is 18.2 Å². The molecule has 1 N–H and O–H groups in total. The quantitative estimate of drug-likeness (QED) is 0.513. The molecule has 1 aliphatic carbocycles. The number of phenols is 1. The van der Waals surface area contributed by atoms with Gasteiger partial charge >= 0.3 is 0 Å². The second-order valence-corrected chi connectivity index (χ2v) is 11.5. The van der Waals surface area contributed by atoms with Crippen molar-refractivity contribution in [2.24, 2.45) is 11.8 Å². The third-order valence-corrected chi connectivity index (χ3v) is 8.52. The molecule has 1 amide bonds. The topological polar surface area (TPSA) is 43.8 Å². The number of piperidine rings is 1. The lowest BCUT2D eigenvalue weighted by molar-refractivity contribution is -0.135. The standard InChI is InChI=1S/C28H36Cl2N2O2/c1-19(2)17-32(27(34)14-20-7-10-25(29)26(30)13-20)23-9-8-22-18-31(3)12-11-28(22,16-23)21-5-4-6-24(33)15-21/h4-7,10,13,15,19,22-23,33H,8-9,11-12,14,16-18H2,1-3H3/t22-,23-,28+/m1/s1. The van der Waals surface area contributed by atoms with E-state index >= 15 is 0 Å². The molecule has 2 aliphatic rings. The number of phenolic OH excluding ortho intramolecular Hbond substituents is 1. The van der Waals surface area contributed by atoms with Crippen LogP contribution >= 0.6 is 23.2 Å². The van der Waals surface area contributed by atoms with Gasteiger partial charge in [0.2, 0.25) is 5.91 Å². The smallest absolute Gasteiger partial charge is 0.227 e. The van der Waals surface area contributed by atoms with Crippen molar-refractivity contribution in [1.82, 2.24) is 9.80 Å². The van der Waals surface area contributed by atoms with Crippen LogP contribution in [0.25, 0.3) is 0 Å². The molecular formula is C28H36Cl2N2O2. The number of hydrogen-bond donors (Lipinski definition) is 1. The Kier molecular flexibility index (Phi) is 7.81. The zero-order valence-electron chi connectivity index (χ0n) is 20.4. The van der Waals surface area contributed by atoms with Crippen molar-refractivity contribution in [1.29, 1.82) is 0 Å². The summed E-state index contributed by atoms with van der Waals surface area (Å²) < 4.78 is 0. The first kappa shape index (κ1) is 25.3. The third kappa shape index (κ3) is 5.40. The van der Waals surface area contributed by atoms with Gasteiger partial charge in [-0.1, -0.05) is 55.2 Å². The van der Waals surface area contributed by atoms with E-state index in [4.69, 9.17) is 23.2 Å². The predicted octanol–water partition coefficient (Wildman–Crippen LogP) is 6.17. The van der Waals surface area contributed by atoms with Gasteiger partial charge < -0.3 is 14.9 Å². The average molecular weight is 504 g/mol. The first-order chi connectivity index (χ1) is 16.2. The molecule has 34 heavy (non-hydrogen) atoms. The second kappa shape index (κ2) is 10.5. The van der Waals surface area contributed by atoms with Gasteiger partial charge in [0.15, 0.2) is 0 Å². The Morgan fingerprint density at radius 2 is 1.97 bits per heavy atom. The lowest BCUT2D eigenvalue weighted by Gasteiger charge is -2.54. The molecule has 0 bridgehead atoms. The number of nitrogens with zero attached hydrogens (tertiary/aromatic N) is 2. The minimum Gasteiger partial charge on any atom is -0.508 e. The Hall–Kier alpha value is -1.75. The van der Waals surface area contributed by atoms with Crippen molar-refractivity contribution >= 4 is 29.1 Å². The van der Waals surface area contributed by atoms with Gasteiger partial charge in [-0.3, -0.25) is 4.79 Å². The highest BCUT2D eigenvalue weighted by Gasteiger charge is 2.49. The molecule has 3 atom stereocenters. The molecule has 2 aromatic rings. The van der Waals surface area contributed by atoms with Gasteiger partial charge in [-0.2, -0.15) is 0 Å². The molecule has 2 aromatic carbocycles. The number of carbonyl (C=O) groups excluding carboxylic acids is 1. The van der Waals surface area contributed by atoms with Crippen LogP contribution in [0.3, 0.4) is 0 Å². The molecule has 1 saturated carbocycles. The van der Waals surface area contributed by atoms with E-state index in [9.17, 15) is 9.90 Å². The Morgan fingerprint density at radius 1 is 1.18 bits per heavy atom. The Bertz CT molecular complexity index is 1030. The number of halogens is 2. The molecule has 184 valence electrons. The zero-order chi connectivity index (χ0) is 24.5. The monoisotopic (exact) mass is 502 g/mol. The van der Waals surface area contributed by atoms with Crippen molar-refractivity contribution in [3.05, 3.63) is 63.6 Å². The van der Waals surface area contributed by atoms with Crippen molar-refractivity contribution in [2.45, 2.75) is 57.4 Å². The van der Waals surface area contributed by atoms with Gasteiger partial charge in [0.25, 0.3) is 0 Å². The molecular weight excluding hydrogens is 467 g/mol. The van der Waals surface area contributed by atoms with Gasteiger partial charge in [-0.25, -0.2) is 0 Å². The van der Waals surface area contributed by atoms with E-state index in [1.54, 1.807) is 18.2 Å². The molecule has 1 aliphatic heterocycles. The minimum atomic E-state index is -0.0206. The third-order valence-electron chi connectivity index (χ3n) is 7.78. The predicted molar refractivity (Wildman–Crippen MR) is 140 cm³/mol. The van der Waals surface area contributed by atoms with E-state index in [1.165, 1.54) is 5.56 Å². The van der Waals surface area contributed by atoms with Crippen molar-refractivity contribution in [2.75, 3.05) is 26.7 Å². The Balaban J connectivity index is 1.63. The van der Waals surface area contributed by atoms with E-state index < -0.39 is 0 Å². The number of aromatic hydroxyl groups is 1. The first-order valence-electron chi connectivity index (χ1n) is 12.4. The van der Waals surface area contributed by atoms with Crippen LogP contribution in [0, 0.1) is 11.8 Å². The number of carbonyl (C=O) groups is 1. The van der Waals surface area contributed by atoms with E-state index in [-0.39, 0.29) is 17.4 Å². The van der Waals surface area contributed by atoms with Crippen LogP contribution in [0.2, 0.25) is 10.0 Å². The van der Waals surface area contributed by atoms with Crippen LogP contribution in [-0.4, -0.2) is 53.5 Å². The van der Waals surface area contributed by atoms with Crippen LogP contribution in [0.15, 0.2) is 42.5 Å². The van der Waals surface area contributed by atoms with Crippen LogP contribution in [0.5, 0.6) is 5.75 Å². The molecule has 4 rings (SSSR count). The summed E-state index contributed by atoms with van der Waals surface area (Å²) in [7, 11) is 2.20. The van der Waals surface area contributed by atoms with Gasteiger partial charge in [-0.05, 0) is 86.5 Å². The maximum atomic E-state index is 13.7. The number of benzene rings is 2. The Morgan fingerprint density at radius 3 is 2.68 bits per heavy atom. The second-order valence-electron chi connectivity index (χ2n) is 10.7. The highest BCUT2D eigenvalue weighted by Crippen LogP contribution is 2.50. The molecule has 1 saturated heterocycles. The number of rotatable bonds is 6. The van der Waals surface area contributed by atoms with Crippen LogP contribution < -0.4 is 0 Å². The van der Waals surface area contributed by atoms with Gasteiger partial charge in [0.1, 0.15) is 5.75 Å². The largest absolute Gasteiger partial charge is 0.508 e. The molecule has 6 heteroatoms. The lowest BCUT2D eigenvalue weighted by atomic mass is 9.57. The van der Waals surface area contributed by atoms with E-state index in [2.05, 4.69) is 36.8 Å². The molecule has 0 radical (unpaired) electrons. The summed E-state index contributed by atoms with van der Waals surface area (Å²) in [5.41, 5.74) is 2.09. The maximum Gasteiger partial charge on any atom is 0.227 e. The van der Waals surface area contributed by atoms with Crippen molar-refractivity contribution in [3.63, 3.8) is 0 Å². The maximum absolute atomic E-state index is 13.7. The normalized spacial score (nSPS) is 25.2. The first-order valence-corrected chi connectivity index (χ1v) is 13.1. The van der Waals surface area contributed by atoms with Gasteiger partial charge in [-0.15, -0.1) is 0 Å². The minimum absolute atomic E-state index is 0.0206. The summed E-state index contributed by atoms with van der Waals surface area (Å²) in [5.74, 6) is 1.37. The fraction of sp³-hybridized carbons (Fsp3) is 0.536. The molecule has 4 nitrogen and oxygen atoms in total. The number of amides is 1.